The molecule has 5 nitrogen and oxygen atoms in total. The Labute approximate surface area is 85.0 Å². The number of nitrogens with one attached hydrogen (secondary N) is 1. The summed E-state index contributed by atoms with van der Waals surface area (Å²) in [7, 11) is 0. The van der Waals surface area contributed by atoms with Crippen molar-refractivity contribution in [2.45, 2.75) is 6.42 Å². The third-order valence-corrected chi connectivity index (χ3v) is 2.58. The largest absolute Gasteiger partial charge is 0.395 e. The number of piperazine rings is 1. The van der Waals surface area contributed by atoms with Gasteiger partial charge in [-0.15, -0.1) is 0 Å². The lowest BCUT2D eigenvalue weighted by Gasteiger charge is -2.34. The van der Waals surface area contributed by atoms with E-state index in [0.717, 1.165) is 39.3 Å². The van der Waals surface area contributed by atoms with Gasteiger partial charge in [0.15, 0.2) is 0 Å². The molecule has 0 unspecified atom stereocenters. The minimum atomic E-state index is 0.243. The van der Waals surface area contributed by atoms with Crippen molar-refractivity contribution in [2.24, 2.45) is 5.73 Å². The first kappa shape index (κ1) is 11.4. The molecule has 0 bridgehead atoms. The quantitative estimate of drug-likeness (QED) is 0.390. The average molecular weight is 200 g/mol. The number of aliphatic hydroxyl groups is 1. The predicted octanol–water partition coefficient (Wildman–Crippen LogP) is -1.08. The summed E-state index contributed by atoms with van der Waals surface area (Å²) in [4.78, 5) is 4.57. The van der Waals surface area contributed by atoms with E-state index in [9.17, 15) is 0 Å². The van der Waals surface area contributed by atoms with Crippen molar-refractivity contribution in [2.75, 3.05) is 45.9 Å². The van der Waals surface area contributed by atoms with Crippen LogP contribution in [-0.4, -0.2) is 66.6 Å². The monoisotopic (exact) mass is 200 g/mol. The van der Waals surface area contributed by atoms with Gasteiger partial charge < -0.3 is 15.7 Å². The molecule has 5 heteroatoms. The summed E-state index contributed by atoms with van der Waals surface area (Å²) in [5, 5.41) is 15.9. The number of aliphatic hydroxyl groups excluding tert-OH is 1. The molecule has 0 aromatic carbocycles. The van der Waals surface area contributed by atoms with Crippen molar-refractivity contribution in [1.29, 1.82) is 5.41 Å². The molecule has 14 heavy (non-hydrogen) atoms. The Morgan fingerprint density at radius 2 is 1.64 bits per heavy atom. The summed E-state index contributed by atoms with van der Waals surface area (Å²) in [6, 6.07) is 0. The average Bonchev–Trinajstić information content (AvgIpc) is 2.17. The molecule has 1 aliphatic heterocycles. The van der Waals surface area contributed by atoms with Gasteiger partial charge in [-0.25, -0.2) is 0 Å². The zero-order chi connectivity index (χ0) is 10.4. The fraction of sp³-hybridized carbons (Fsp3) is 0.889. The lowest BCUT2D eigenvalue weighted by atomic mass is 10.3. The third kappa shape index (κ3) is 4.04. The van der Waals surface area contributed by atoms with Crippen molar-refractivity contribution in [3.8, 4) is 0 Å². The molecule has 1 fully saturated rings. The molecular weight excluding hydrogens is 180 g/mol. The Morgan fingerprint density at radius 3 is 2.07 bits per heavy atom. The molecule has 0 aliphatic carbocycles. The van der Waals surface area contributed by atoms with Gasteiger partial charge in [0.2, 0.25) is 0 Å². The molecule has 0 radical (unpaired) electrons. The number of β-amino-alcohol motifs (C(OH)–C–C–N with tert-alkyl or cyclic N) is 1. The molecule has 1 aliphatic rings. The first-order valence-electron chi connectivity index (χ1n) is 5.11. The van der Waals surface area contributed by atoms with E-state index in [-0.39, 0.29) is 12.4 Å². The van der Waals surface area contributed by atoms with Gasteiger partial charge in [-0.3, -0.25) is 10.3 Å². The van der Waals surface area contributed by atoms with Gasteiger partial charge in [-0.05, 0) is 0 Å². The number of hydrogen-bond acceptors (Lipinski definition) is 4. The van der Waals surface area contributed by atoms with E-state index < -0.39 is 0 Å². The Morgan fingerprint density at radius 1 is 1.14 bits per heavy atom. The Hall–Kier alpha value is -0.650. The Kier molecular flexibility index (Phi) is 4.86. The molecule has 0 spiro atoms. The van der Waals surface area contributed by atoms with Crippen LogP contribution in [0.2, 0.25) is 0 Å². The van der Waals surface area contributed by atoms with Gasteiger partial charge in [0.25, 0.3) is 0 Å². The number of hydrogen-bond donors (Lipinski definition) is 3. The van der Waals surface area contributed by atoms with E-state index in [1.165, 1.54) is 0 Å². The highest BCUT2D eigenvalue weighted by Gasteiger charge is 2.15. The Bertz CT molecular complexity index is 178. The van der Waals surface area contributed by atoms with Gasteiger partial charge in [-0.2, -0.15) is 0 Å². The SMILES string of the molecule is N=C(N)CCN1CCN(CCO)CC1. The molecule has 1 saturated heterocycles. The lowest BCUT2D eigenvalue weighted by Crippen LogP contribution is -2.47. The van der Waals surface area contributed by atoms with E-state index in [0.29, 0.717) is 6.42 Å². The van der Waals surface area contributed by atoms with Crippen LogP contribution in [0.5, 0.6) is 0 Å². The van der Waals surface area contributed by atoms with Crippen molar-refractivity contribution in [3.63, 3.8) is 0 Å². The molecule has 1 rings (SSSR count). The van der Waals surface area contributed by atoms with E-state index in [2.05, 4.69) is 9.80 Å². The van der Waals surface area contributed by atoms with Crippen LogP contribution in [0.3, 0.4) is 0 Å². The maximum Gasteiger partial charge on any atom is 0.0918 e. The molecule has 4 N–H and O–H groups in total. The fourth-order valence-corrected chi connectivity index (χ4v) is 1.66. The van der Waals surface area contributed by atoms with Crippen LogP contribution in [-0.2, 0) is 0 Å². The second-order valence-corrected chi connectivity index (χ2v) is 3.68. The summed E-state index contributed by atoms with van der Waals surface area (Å²) < 4.78 is 0. The standard InChI is InChI=1S/C9H20N4O/c10-9(11)1-2-12-3-5-13(6-4-12)7-8-14/h14H,1-8H2,(H3,10,11). The zero-order valence-electron chi connectivity index (χ0n) is 8.58. The van der Waals surface area contributed by atoms with Crippen molar-refractivity contribution >= 4 is 5.84 Å². The highest BCUT2D eigenvalue weighted by atomic mass is 16.3. The zero-order valence-corrected chi connectivity index (χ0v) is 8.58. The van der Waals surface area contributed by atoms with Crippen LogP contribution >= 0.6 is 0 Å². The van der Waals surface area contributed by atoms with Crippen LogP contribution < -0.4 is 5.73 Å². The van der Waals surface area contributed by atoms with E-state index >= 15 is 0 Å². The second kappa shape index (κ2) is 5.95. The highest BCUT2D eigenvalue weighted by Crippen LogP contribution is 2.01. The van der Waals surface area contributed by atoms with E-state index in [1.54, 1.807) is 0 Å². The minimum absolute atomic E-state index is 0.243. The smallest absolute Gasteiger partial charge is 0.0918 e. The predicted molar refractivity (Wildman–Crippen MR) is 56.5 cm³/mol. The first-order valence-corrected chi connectivity index (χ1v) is 5.11. The van der Waals surface area contributed by atoms with Gasteiger partial charge in [0.1, 0.15) is 0 Å². The van der Waals surface area contributed by atoms with Gasteiger partial charge in [0.05, 0.1) is 12.4 Å². The van der Waals surface area contributed by atoms with Crippen LogP contribution in [0.15, 0.2) is 0 Å². The number of rotatable bonds is 5. The van der Waals surface area contributed by atoms with Crippen LogP contribution in [0.4, 0.5) is 0 Å². The van der Waals surface area contributed by atoms with Gasteiger partial charge >= 0.3 is 0 Å². The summed E-state index contributed by atoms with van der Waals surface area (Å²) in [6.07, 6.45) is 0.667. The van der Waals surface area contributed by atoms with Gasteiger partial charge in [0, 0.05) is 45.7 Å². The van der Waals surface area contributed by atoms with Crippen LogP contribution in [0.1, 0.15) is 6.42 Å². The first-order chi connectivity index (χ1) is 6.72. The summed E-state index contributed by atoms with van der Waals surface area (Å²) in [6.45, 7) is 5.98. The number of nitrogens with two attached hydrogens (primary N) is 1. The van der Waals surface area contributed by atoms with Crippen molar-refractivity contribution in [1.82, 2.24) is 9.80 Å². The second-order valence-electron chi connectivity index (χ2n) is 3.68. The topological polar surface area (TPSA) is 76.6 Å². The van der Waals surface area contributed by atoms with Crippen molar-refractivity contribution in [3.05, 3.63) is 0 Å². The molecule has 0 amide bonds. The molecule has 0 atom stereocenters. The third-order valence-electron chi connectivity index (χ3n) is 2.58. The van der Waals surface area contributed by atoms with E-state index in [1.807, 2.05) is 0 Å². The minimum Gasteiger partial charge on any atom is -0.395 e. The van der Waals surface area contributed by atoms with E-state index in [4.69, 9.17) is 16.2 Å². The summed E-state index contributed by atoms with van der Waals surface area (Å²) in [5.74, 6) is 0.266. The molecule has 82 valence electrons. The number of amidine groups is 1. The maximum atomic E-state index is 8.76. The van der Waals surface area contributed by atoms with Crippen LogP contribution in [0, 0.1) is 5.41 Å². The molecule has 0 saturated carbocycles. The fourth-order valence-electron chi connectivity index (χ4n) is 1.66. The molecular formula is C9H20N4O. The molecule has 0 aromatic heterocycles. The Balaban J connectivity index is 2.12. The lowest BCUT2D eigenvalue weighted by molar-refractivity contribution is 0.114. The molecule has 1 heterocycles. The highest BCUT2D eigenvalue weighted by molar-refractivity contribution is 5.76. The maximum absolute atomic E-state index is 8.76. The normalized spacial score (nSPS) is 19.8. The van der Waals surface area contributed by atoms with Crippen LogP contribution in [0.25, 0.3) is 0 Å². The number of nitrogens with zero attached hydrogens (tertiary/aromatic N) is 2. The van der Waals surface area contributed by atoms with Crippen molar-refractivity contribution < 1.29 is 5.11 Å². The molecule has 0 aromatic rings. The summed E-state index contributed by atoms with van der Waals surface area (Å²) in [5.41, 5.74) is 5.30. The summed E-state index contributed by atoms with van der Waals surface area (Å²) >= 11 is 0. The van der Waals surface area contributed by atoms with Gasteiger partial charge in [-0.1, -0.05) is 0 Å².